The number of nitrogens with zero attached hydrogens (tertiary/aromatic N) is 1. The van der Waals surface area contributed by atoms with Gasteiger partial charge in [-0.2, -0.15) is 0 Å². The highest BCUT2D eigenvalue weighted by atomic mass is 35.5. The number of alkyl carbamates (subject to hydrolysis) is 1. The molecule has 2 fully saturated rings. The van der Waals surface area contributed by atoms with E-state index >= 15 is 0 Å². The van der Waals surface area contributed by atoms with Gasteiger partial charge in [-0.25, -0.2) is 9.59 Å². The summed E-state index contributed by atoms with van der Waals surface area (Å²) in [5.74, 6) is 0.812. The molecule has 1 aliphatic carbocycles. The second-order valence-electron chi connectivity index (χ2n) is 10.3. The van der Waals surface area contributed by atoms with Crippen molar-refractivity contribution in [1.29, 1.82) is 0 Å². The van der Waals surface area contributed by atoms with Gasteiger partial charge in [-0.1, -0.05) is 55.8 Å². The van der Waals surface area contributed by atoms with Crippen LogP contribution in [0.2, 0.25) is 5.02 Å². The average molecular weight is 537 g/mol. The van der Waals surface area contributed by atoms with Crippen LogP contribution in [-0.4, -0.2) is 69.5 Å². The number of carbonyl (C=O) groups is 2. The van der Waals surface area contributed by atoms with Crippen LogP contribution in [0, 0.1) is 11.8 Å². The Labute approximate surface area is 227 Å². The number of ether oxygens (including phenoxy) is 2. The second kappa shape index (κ2) is 16.0. The molecule has 1 saturated carbocycles. The molecule has 1 heterocycles. The SMILES string of the molecule is CCNC(=O)OCCOC(c1cccc(Cl)c1)[C@@H]1CCCN(C(=O)N[C@H](CNC)CC2CCCCC2)C1. The van der Waals surface area contributed by atoms with Gasteiger partial charge in [-0.15, -0.1) is 0 Å². The maximum absolute atomic E-state index is 13.3. The van der Waals surface area contributed by atoms with Crippen LogP contribution in [0.3, 0.4) is 0 Å². The van der Waals surface area contributed by atoms with Crippen molar-refractivity contribution in [2.24, 2.45) is 11.8 Å². The van der Waals surface area contributed by atoms with Crippen molar-refractivity contribution in [1.82, 2.24) is 20.9 Å². The van der Waals surface area contributed by atoms with Crippen LogP contribution in [0.4, 0.5) is 9.59 Å². The van der Waals surface area contributed by atoms with Crippen molar-refractivity contribution < 1.29 is 19.1 Å². The van der Waals surface area contributed by atoms with Gasteiger partial charge in [-0.05, 0) is 56.8 Å². The number of likely N-dealkylation sites (N-methyl/N-ethyl adjacent to an activating group) is 1. The molecule has 2 aliphatic rings. The molecule has 0 aromatic heterocycles. The number of rotatable bonds is 12. The summed E-state index contributed by atoms with van der Waals surface area (Å²) in [6, 6.07) is 7.82. The number of benzene rings is 1. The van der Waals surface area contributed by atoms with Crippen molar-refractivity contribution in [3.8, 4) is 0 Å². The first-order valence-corrected chi connectivity index (χ1v) is 14.4. The molecule has 0 spiro atoms. The number of nitrogens with one attached hydrogen (secondary N) is 3. The molecule has 208 valence electrons. The first-order chi connectivity index (χ1) is 18.0. The Hall–Kier alpha value is -2.03. The van der Waals surface area contributed by atoms with Crippen LogP contribution in [0.1, 0.15) is 70.0 Å². The Morgan fingerprint density at radius 1 is 1.14 bits per heavy atom. The van der Waals surface area contributed by atoms with Crippen molar-refractivity contribution in [3.05, 3.63) is 34.9 Å². The molecule has 1 aromatic carbocycles. The predicted octanol–water partition coefficient (Wildman–Crippen LogP) is 5.12. The number of amides is 3. The Kier molecular flexibility index (Phi) is 12.8. The van der Waals surface area contributed by atoms with Gasteiger partial charge in [0, 0.05) is 43.2 Å². The van der Waals surface area contributed by atoms with Gasteiger partial charge in [0.15, 0.2) is 0 Å². The summed E-state index contributed by atoms with van der Waals surface area (Å²) in [7, 11) is 1.94. The Morgan fingerprint density at radius 3 is 2.68 bits per heavy atom. The third-order valence-electron chi connectivity index (χ3n) is 7.41. The van der Waals surface area contributed by atoms with Crippen LogP contribution >= 0.6 is 11.6 Å². The molecule has 1 aliphatic heterocycles. The van der Waals surface area contributed by atoms with Crippen LogP contribution in [0.25, 0.3) is 0 Å². The quantitative estimate of drug-likeness (QED) is 0.322. The van der Waals surface area contributed by atoms with Crippen molar-refractivity contribution in [2.75, 3.05) is 46.4 Å². The lowest BCUT2D eigenvalue weighted by atomic mass is 9.85. The van der Waals surface area contributed by atoms with Gasteiger partial charge >= 0.3 is 12.1 Å². The van der Waals surface area contributed by atoms with E-state index in [2.05, 4.69) is 16.0 Å². The second-order valence-corrected chi connectivity index (χ2v) is 10.7. The first-order valence-electron chi connectivity index (χ1n) is 14.0. The standard InChI is InChI=1S/C28H45ClN4O4/c1-3-31-28(35)37-16-15-36-26(22-11-7-13-24(29)18-22)23-12-8-14-33(20-23)27(34)32-25(19-30-2)17-21-9-5-4-6-10-21/h7,11,13,18,21,23,25-26,30H,3-6,8-10,12,14-17,19-20H2,1-2H3,(H,31,35)(H,32,34)/t23-,25+,26?/m1/s1. The topological polar surface area (TPSA) is 91.9 Å². The largest absolute Gasteiger partial charge is 0.447 e. The molecule has 3 amide bonds. The monoisotopic (exact) mass is 536 g/mol. The van der Waals surface area contributed by atoms with Crippen molar-refractivity contribution in [3.63, 3.8) is 0 Å². The Morgan fingerprint density at radius 2 is 1.95 bits per heavy atom. The third-order valence-corrected chi connectivity index (χ3v) is 7.64. The van der Waals surface area contributed by atoms with E-state index < -0.39 is 6.09 Å². The van der Waals surface area contributed by atoms with E-state index in [1.165, 1.54) is 32.1 Å². The minimum Gasteiger partial charge on any atom is -0.447 e. The zero-order valence-electron chi connectivity index (χ0n) is 22.5. The van der Waals surface area contributed by atoms with E-state index in [0.29, 0.717) is 24.0 Å². The highest BCUT2D eigenvalue weighted by molar-refractivity contribution is 6.30. The third kappa shape index (κ3) is 9.98. The van der Waals surface area contributed by atoms with Crippen LogP contribution < -0.4 is 16.0 Å². The molecule has 1 unspecified atom stereocenters. The number of hydrogen-bond acceptors (Lipinski definition) is 5. The van der Waals surface area contributed by atoms with Crippen LogP contribution in [0.5, 0.6) is 0 Å². The van der Waals surface area contributed by atoms with E-state index in [1.54, 1.807) is 0 Å². The fourth-order valence-electron chi connectivity index (χ4n) is 5.67. The molecule has 0 radical (unpaired) electrons. The molecule has 8 nitrogen and oxygen atoms in total. The Bertz CT molecular complexity index is 836. The summed E-state index contributed by atoms with van der Waals surface area (Å²) < 4.78 is 11.5. The lowest BCUT2D eigenvalue weighted by molar-refractivity contribution is -0.0264. The van der Waals surface area contributed by atoms with Crippen molar-refractivity contribution in [2.45, 2.75) is 70.4 Å². The molecule has 3 rings (SSSR count). The molecule has 1 saturated heterocycles. The zero-order chi connectivity index (χ0) is 26.5. The number of halogens is 1. The molecule has 0 bridgehead atoms. The summed E-state index contributed by atoms with van der Waals surface area (Å²) in [5.41, 5.74) is 0.975. The number of carbonyl (C=O) groups excluding carboxylic acids is 2. The minimum atomic E-state index is -0.449. The number of piperidine rings is 1. The molecule has 37 heavy (non-hydrogen) atoms. The summed E-state index contributed by atoms with van der Waals surface area (Å²) in [4.78, 5) is 26.9. The van der Waals surface area contributed by atoms with Gasteiger partial charge in [0.1, 0.15) is 6.61 Å². The fraction of sp³-hybridized carbons (Fsp3) is 0.714. The summed E-state index contributed by atoms with van der Waals surface area (Å²) in [5, 5.41) is 9.84. The highest BCUT2D eigenvalue weighted by Crippen LogP contribution is 2.34. The smallest absolute Gasteiger partial charge is 0.407 e. The van der Waals surface area contributed by atoms with Gasteiger partial charge in [-0.3, -0.25) is 0 Å². The van der Waals surface area contributed by atoms with Gasteiger partial charge in [0.25, 0.3) is 0 Å². The summed E-state index contributed by atoms with van der Waals surface area (Å²) in [6.07, 6.45) is 8.67. The fourth-order valence-corrected chi connectivity index (χ4v) is 5.86. The van der Waals surface area contributed by atoms with E-state index in [9.17, 15) is 9.59 Å². The van der Waals surface area contributed by atoms with Crippen LogP contribution in [0.15, 0.2) is 24.3 Å². The summed E-state index contributed by atoms with van der Waals surface area (Å²) >= 11 is 6.30. The average Bonchev–Trinajstić information content (AvgIpc) is 2.89. The van der Waals surface area contributed by atoms with E-state index in [-0.39, 0.29) is 37.3 Å². The summed E-state index contributed by atoms with van der Waals surface area (Å²) in [6.45, 7) is 4.90. The van der Waals surface area contributed by atoms with Gasteiger partial charge in [0.05, 0.1) is 12.7 Å². The van der Waals surface area contributed by atoms with E-state index in [4.69, 9.17) is 21.1 Å². The molecule has 3 N–H and O–H groups in total. The first kappa shape index (κ1) is 29.5. The molecule has 3 atom stereocenters. The number of likely N-dealkylation sites (tertiary alicyclic amines) is 1. The predicted molar refractivity (Wildman–Crippen MR) is 147 cm³/mol. The molecular formula is C28H45ClN4O4. The van der Waals surface area contributed by atoms with E-state index in [0.717, 1.165) is 37.9 Å². The maximum atomic E-state index is 13.3. The number of urea groups is 1. The highest BCUT2D eigenvalue weighted by Gasteiger charge is 2.32. The normalized spacial score (nSPS) is 20.2. The lowest BCUT2D eigenvalue weighted by Gasteiger charge is -2.38. The van der Waals surface area contributed by atoms with Crippen molar-refractivity contribution >= 4 is 23.7 Å². The molecular weight excluding hydrogens is 492 g/mol. The van der Waals surface area contributed by atoms with E-state index in [1.807, 2.05) is 43.1 Å². The maximum Gasteiger partial charge on any atom is 0.407 e. The Balaban J connectivity index is 1.61. The zero-order valence-corrected chi connectivity index (χ0v) is 23.2. The lowest BCUT2D eigenvalue weighted by Crippen LogP contribution is -2.52. The number of hydrogen-bond donors (Lipinski definition) is 3. The van der Waals surface area contributed by atoms with Crippen LogP contribution in [-0.2, 0) is 9.47 Å². The molecule has 1 aromatic rings. The molecule has 9 heteroatoms. The minimum absolute atomic E-state index is 0.00479. The van der Waals surface area contributed by atoms with Gasteiger partial charge in [0.2, 0.25) is 0 Å². The van der Waals surface area contributed by atoms with Gasteiger partial charge < -0.3 is 30.3 Å².